The molecule has 104 valence electrons. The van der Waals surface area contributed by atoms with Crippen LogP contribution >= 0.6 is 11.3 Å². The van der Waals surface area contributed by atoms with Gasteiger partial charge in [-0.3, -0.25) is 0 Å². The molecule has 0 unspecified atom stereocenters. The number of fused-ring (bicyclic) bond motifs is 4. The van der Waals surface area contributed by atoms with E-state index in [0.717, 1.165) is 11.9 Å². The van der Waals surface area contributed by atoms with Crippen molar-refractivity contribution < 1.29 is 0 Å². The summed E-state index contributed by atoms with van der Waals surface area (Å²) in [5.41, 5.74) is 11.3. The van der Waals surface area contributed by atoms with Crippen molar-refractivity contribution in [2.75, 3.05) is 0 Å². The zero-order valence-electron chi connectivity index (χ0n) is 11.9. The van der Waals surface area contributed by atoms with E-state index in [1.807, 2.05) is 5.51 Å². The Kier molecular flexibility index (Phi) is 2.49. The Morgan fingerprint density at radius 1 is 0.818 bits per heavy atom. The average molecular weight is 299 g/mol. The van der Waals surface area contributed by atoms with Crippen LogP contribution < -0.4 is 0 Å². The first kappa shape index (κ1) is 12.1. The normalized spacial score (nSPS) is 12.4. The van der Waals surface area contributed by atoms with Crippen LogP contribution in [0.25, 0.3) is 32.5 Å². The van der Waals surface area contributed by atoms with E-state index in [2.05, 4.69) is 65.6 Å². The molecule has 0 aliphatic heterocycles. The fourth-order valence-electron chi connectivity index (χ4n) is 3.45. The summed E-state index contributed by atoms with van der Waals surface area (Å²) in [6.45, 7) is 0. The third-order valence-corrected chi connectivity index (χ3v) is 5.28. The van der Waals surface area contributed by atoms with Crippen molar-refractivity contribution >= 4 is 21.6 Å². The summed E-state index contributed by atoms with van der Waals surface area (Å²) < 4.78 is 1.26. The van der Waals surface area contributed by atoms with E-state index in [1.165, 1.54) is 38.1 Å². The quantitative estimate of drug-likeness (QED) is 0.396. The van der Waals surface area contributed by atoms with Gasteiger partial charge in [0.1, 0.15) is 0 Å². The van der Waals surface area contributed by atoms with Gasteiger partial charge in [0.15, 0.2) is 0 Å². The van der Waals surface area contributed by atoms with Crippen molar-refractivity contribution in [1.29, 1.82) is 0 Å². The summed E-state index contributed by atoms with van der Waals surface area (Å²) in [7, 11) is 0. The zero-order valence-corrected chi connectivity index (χ0v) is 12.7. The lowest BCUT2D eigenvalue weighted by Crippen LogP contribution is -1.87. The van der Waals surface area contributed by atoms with Gasteiger partial charge in [0, 0.05) is 0 Å². The third-order valence-electron chi connectivity index (χ3n) is 4.49. The number of rotatable bonds is 1. The summed E-state index contributed by atoms with van der Waals surface area (Å²) >= 11 is 1.71. The standard InChI is InChI=1S/C20H13NS/c1-2-5-15-13(4-1)10-18-16(6-3-7-17(15)18)14-8-9-19-20(11-14)22-12-21-19/h1-9,11-12H,10H2. The van der Waals surface area contributed by atoms with E-state index in [0.29, 0.717) is 0 Å². The molecule has 4 aromatic rings. The topological polar surface area (TPSA) is 12.9 Å². The predicted octanol–water partition coefficient (Wildman–Crippen LogP) is 5.53. The number of nitrogens with zero attached hydrogens (tertiary/aromatic N) is 1. The second kappa shape index (κ2) is 4.52. The van der Waals surface area contributed by atoms with E-state index in [-0.39, 0.29) is 0 Å². The number of benzene rings is 3. The summed E-state index contributed by atoms with van der Waals surface area (Å²) in [6.07, 6.45) is 1.03. The highest BCUT2D eigenvalue weighted by molar-refractivity contribution is 7.16. The van der Waals surface area contributed by atoms with Gasteiger partial charge < -0.3 is 0 Å². The molecule has 0 saturated carbocycles. The van der Waals surface area contributed by atoms with Crippen LogP contribution in [0, 0.1) is 0 Å². The lowest BCUT2D eigenvalue weighted by atomic mass is 9.96. The van der Waals surface area contributed by atoms with Crippen molar-refractivity contribution in [1.82, 2.24) is 4.98 Å². The molecule has 0 N–H and O–H groups in total. The first-order valence-electron chi connectivity index (χ1n) is 7.44. The summed E-state index contributed by atoms with van der Waals surface area (Å²) in [4.78, 5) is 4.38. The first-order chi connectivity index (χ1) is 10.9. The van der Waals surface area contributed by atoms with Crippen molar-refractivity contribution in [3.8, 4) is 22.3 Å². The molecule has 1 aliphatic rings. The summed E-state index contributed by atoms with van der Waals surface area (Å²) in [5.74, 6) is 0. The molecular weight excluding hydrogens is 286 g/mol. The van der Waals surface area contributed by atoms with E-state index in [4.69, 9.17) is 0 Å². The van der Waals surface area contributed by atoms with E-state index in [1.54, 1.807) is 11.3 Å². The fraction of sp³-hybridized carbons (Fsp3) is 0.0500. The van der Waals surface area contributed by atoms with Gasteiger partial charge in [-0.2, -0.15) is 0 Å². The molecule has 0 bridgehead atoms. The molecule has 0 fully saturated rings. The Balaban J connectivity index is 1.74. The van der Waals surface area contributed by atoms with Crippen molar-refractivity contribution in [3.05, 3.63) is 77.3 Å². The maximum absolute atomic E-state index is 4.38. The first-order valence-corrected chi connectivity index (χ1v) is 8.32. The van der Waals surface area contributed by atoms with Crippen LogP contribution in [-0.4, -0.2) is 4.98 Å². The Morgan fingerprint density at radius 2 is 1.68 bits per heavy atom. The SMILES string of the molecule is c1ccc2c(c1)Cc1c(-c3ccc4ncsc4c3)cccc1-2. The molecule has 0 radical (unpaired) electrons. The monoisotopic (exact) mass is 299 g/mol. The third kappa shape index (κ3) is 1.68. The summed E-state index contributed by atoms with van der Waals surface area (Å²) in [5, 5.41) is 0. The van der Waals surface area contributed by atoms with Crippen molar-refractivity contribution in [2.24, 2.45) is 0 Å². The lowest BCUT2D eigenvalue weighted by Gasteiger charge is -2.09. The Morgan fingerprint density at radius 3 is 2.68 bits per heavy atom. The van der Waals surface area contributed by atoms with Gasteiger partial charge >= 0.3 is 0 Å². The average Bonchev–Trinajstić information content (AvgIpc) is 3.18. The van der Waals surface area contributed by atoms with Gasteiger partial charge in [0.05, 0.1) is 15.7 Å². The Hall–Kier alpha value is -2.45. The van der Waals surface area contributed by atoms with E-state index in [9.17, 15) is 0 Å². The van der Waals surface area contributed by atoms with Crippen molar-refractivity contribution in [2.45, 2.75) is 6.42 Å². The zero-order chi connectivity index (χ0) is 14.5. The van der Waals surface area contributed by atoms with Crippen LogP contribution in [0.3, 0.4) is 0 Å². The number of thiazole rings is 1. The molecule has 1 aromatic heterocycles. The van der Waals surface area contributed by atoms with E-state index >= 15 is 0 Å². The number of hydrogen-bond donors (Lipinski definition) is 0. The lowest BCUT2D eigenvalue weighted by molar-refractivity contribution is 1.26. The highest BCUT2D eigenvalue weighted by Crippen LogP contribution is 2.41. The Bertz CT molecular complexity index is 1010. The van der Waals surface area contributed by atoms with Crippen LogP contribution in [0.15, 0.2) is 66.2 Å². The summed E-state index contributed by atoms with van der Waals surface area (Å²) in [6, 6.07) is 22.0. The maximum Gasteiger partial charge on any atom is 0.0812 e. The molecule has 0 saturated heterocycles. The predicted molar refractivity (Wildman–Crippen MR) is 93.3 cm³/mol. The van der Waals surface area contributed by atoms with Crippen LogP contribution in [-0.2, 0) is 6.42 Å². The molecule has 0 atom stereocenters. The van der Waals surface area contributed by atoms with Gasteiger partial charge in [0.2, 0.25) is 0 Å². The molecular formula is C20H13NS. The van der Waals surface area contributed by atoms with Crippen LogP contribution in [0.5, 0.6) is 0 Å². The van der Waals surface area contributed by atoms with Gasteiger partial charge in [-0.25, -0.2) is 4.98 Å². The second-order valence-corrected chi connectivity index (χ2v) is 6.59. The second-order valence-electron chi connectivity index (χ2n) is 5.70. The van der Waals surface area contributed by atoms with Crippen LogP contribution in [0.4, 0.5) is 0 Å². The molecule has 5 rings (SSSR count). The van der Waals surface area contributed by atoms with Crippen LogP contribution in [0.1, 0.15) is 11.1 Å². The van der Waals surface area contributed by atoms with Crippen molar-refractivity contribution in [3.63, 3.8) is 0 Å². The molecule has 2 heteroatoms. The highest BCUT2D eigenvalue weighted by Gasteiger charge is 2.20. The molecule has 1 aliphatic carbocycles. The smallest absolute Gasteiger partial charge is 0.0812 e. The van der Waals surface area contributed by atoms with Crippen LogP contribution in [0.2, 0.25) is 0 Å². The number of hydrogen-bond acceptors (Lipinski definition) is 2. The molecule has 0 spiro atoms. The van der Waals surface area contributed by atoms with E-state index < -0.39 is 0 Å². The van der Waals surface area contributed by atoms with Gasteiger partial charge in [-0.05, 0) is 51.9 Å². The minimum atomic E-state index is 1.03. The molecule has 22 heavy (non-hydrogen) atoms. The largest absolute Gasteiger partial charge is 0.245 e. The highest BCUT2D eigenvalue weighted by atomic mass is 32.1. The van der Waals surface area contributed by atoms with Gasteiger partial charge in [-0.15, -0.1) is 11.3 Å². The van der Waals surface area contributed by atoms with Gasteiger partial charge in [0.25, 0.3) is 0 Å². The number of aromatic nitrogens is 1. The molecule has 1 heterocycles. The minimum absolute atomic E-state index is 1.03. The molecule has 1 nitrogen and oxygen atoms in total. The fourth-order valence-corrected chi connectivity index (χ4v) is 4.17. The van der Waals surface area contributed by atoms with Gasteiger partial charge in [-0.1, -0.05) is 48.5 Å². The molecule has 0 amide bonds. The molecule has 3 aromatic carbocycles. The Labute approximate surface area is 132 Å². The maximum atomic E-state index is 4.38. The minimum Gasteiger partial charge on any atom is -0.245 e.